The highest BCUT2D eigenvalue weighted by molar-refractivity contribution is 7.47. The van der Waals surface area contributed by atoms with Gasteiger partial charge in [-0.1, -0.05) is 216 Å². The Morgan fingerprint density at radius 3 is 1.27 bits per heavy atom. The zero-order valence-electron chi connectivity index (χ0n) is 41.8. The first-order chi connectivity index (χ1) is 31.4. The second-order valence-corrected chi connectivity index (χ2v) is 19.2. The van der Waals surface area contributed by atoms with Gasteiger partial charge in [0.25, 0.3) is 0 Å². The fraction of sp³-hybridized carbons (Fsp3) is 0.800. The SMILES string of the molecule is CCCCC/C=C\C/C=C\C/C=C\CCCCCCCCCOCC(COP(=O)(O)OCCN)OC(=O)CCCCCCCCCCCCCCC/C=C\C/C=C\CCCCCCC. The Morgan fingerprint density at radius 2 is 0.828 bits per heavy atom. The molecule has 0 bridgehead atoms. The number of unbranched alkanes of at least 4 members (excludes halogenated alkanes) is 28. The lowest BCUT2D eigenvalue weighted by molar-refractivity contribution is -0.154. The van der Waals surface area contributed by atoms with E-state index in [1.165, 1.54) is 167 Å². The van der Waals surface area contributed by atoms with Crippen molar-refractivity contribution in [3.8, 4) is 0 Å². The number of esters is 1. The Kier molecular flexibility index (Phi) is 50.7. The number of phosphoric ester groups is 1. The maximum atomic E-state index is 12.7. The highest BCUT2D eigenvalue weighted by atomic mass is 31.2. The number of ether oxygens (including phenoxy) is 2. The summed E-state index contributed by atoms with van der Waals surface area (Å²) in [6.45, 7) is 4.89. The minimum atomic E-state index is -4.29. The molecule has 3 N–H and O–H groups in total. The molecular weight excluding hydrogens is 818 g/mol. The van der Waals surface area contributed by atoms with E-state index < -0.39 is 13.9 Å². The van der Waals surface area contributed by atoms with Crippen molar-refractivity contribution in [2.45, 2.75) is 251 Å². The Bertz CT molecular complexity index is 1170. The lowest BCUT2D eigenvalue weighted by Crippen LogP contribution is -2.28. The van der Waals surface area contributed by atoms with Gasteiger partial charge >= 0.3 is 13.8 Å². The normalized spacial score (nSPS) is 13.8. The average Bonchev–Trinajstić information content (AvgIpc) is 3.29. The van der Waals surface area contributed by atoms with Crippen LogP contribution in [-0.4, -0.2) is 49.9 Å². The van der Waals surface area contributed by atoms with E-state index in [2.05, 4.69) is 74.6 Å². The van der Waals surface area contributed by atoms with Gasteiger partial charge in [0, 0.05) is 19.6 Å². The maximum absolute atomic E-state index is 12.7. The first-order valence-electron chi connectivity index (χ1n) is 26.8. The number of hydrogen-bond donors (Lipinski definition) is 2. The molecule has 0 aliphatic heterocycles. The van der Waals surface area contributed by atoms with Crippen LogP contribution >= 0.6 is 7.82 Å². The van der Waals surface area contributed by atoms with Crippen molar-refractivity contribution in [1.29, 1.82) is 0 Å². The lowest BCUT2D eigenvalue weighted by Gasteiger charge is -2.20. The molecule has 0 saturated heterocycles. The highest BCUT2D eigenvalue weighted by Crippen LogP contribution is 2.43. The van der Waals surface area contributed by atoms with Crippen LogP contribution in [0.3, 0.4) is 0 Å². The third kappa shape index (κ3) is 51.2. The third-order valence-electron chi connectivity index (χ3n) is 11.4. The number of allylic oxidation sites excluding steroid dienone is 10. The van der Waals surface area contributed by atoms with E-state index >= 15 is 0 Å². The molecular formula is C55H102NO7P. The van der Waals surface area contributed by atoms with Crippen LogP contribution in [0.15, 0.2) is 60.8 Å². The molecule has 0 amide bonds. The molecule has 0 aromatic heterocycles. The van der Waals surface area contributed by atoms with E-state index in [0.29, 0.717) is 13.0 Å². The summed E-state index contributed by atoms with van der Waals surface area (Å²) in [6, 6.07) is 0. The summed E-state index contributed by atoms with van der Waals surface area (Å²) in [7, 11) is -4.29. The Balaban J connectivity index is 3.93. The molecule has 0 aromatic carbocycles. The predicted octanol–water partition coefficient (Wildman–Crippen LogP) is 16.9. The number of carbonyl (C=O) groups excluding carboxylic acids is 1. The number of hydrogen-bond acceptors (Lipinski definition) is 7. The van der Waals surface area contributed by atoms with Gasteiger partial charge in [-0.25, -0.2) is 4.57 Å². The molecule has 0 rings (SSSR count). The molecule has 9 heteroatoms. The van der Waals surface area contributed by atoms with Gasteiger partial charge in [-0.15, -0.1) is 0 Å². The van der Waals surface area contributed by atoms with Crippen molar-refractivity contribution in [2.75, 3.05) is 33.0 Å². The summed E-state index contributed by atoms with van der Waals surface area (Å²) in [5.74, 6) is -0.334. The summed E-state index contributed by atoms with van der Waals surface area (Å²) in [4.78, 5) is 22.6. The molecule has 0 radical (unpaired) electrons. The zero-order chi connectivity index (χ0) is 46.5. The summed E-state index contributed by atoms with van der Waals surface area (Å²) in [6.07, 6.45) is 65.4. The van der Waals surface area contributed by atoms with Gasteiger partial charge in [0.1, 0.15) is 6.10 Å². The van der Waals surface area contributed by atoms with Gasteiger partial charge in [0.05, 0.1) is 19.8 Å². The van der Waals surface area contributed by atoms with Gasteiger partial charge in [-0.3, -0.25) is 13.8 Å². The molecule has 0 fully saturated rings. The van der Waals surface area contributed by atoms with Crippen LogP contribution in [0.2, 0.25) is 0 Å². The van der Waals surface area contributed by atoms with Crippen molar-refractivity contribution in [1.82, 2.24) is 0 Å². The third-order valence-corrected chi connectivity index (χ3v) is 12.4. The summed E-state index contributed by atoms with van der Waals surface area (Å²) < 4.78 is 33.6. The molecule has 0 spiro atoms. The Hall–Kier alpha value is -1.80. The van der Waals surface area contributed by atoms with E-state index in [-0.39, 0.29) is 32.3 Å². The Morgan fingerprint density at radius 1 is 0.469 bits per heavy atom. The van der Waals surface area contributed by atoms with E-state index in [0.717, 1.165) is 57.8 Å². The summed E-state index contributed by atoms with van der Waals surface area (Å²) in [5.41, 5.74) is 5.39. The molecule has 8 nitrogen and oxygen atoms in total. The van der Waals surface area contributed by atoms with Crippen LogP contribution in [0.4, 0.5) is 0 Å². The molecule has 374 valence electrons. The maximum Gasteiger partial charge on any atom is 0.472 e. The zero-order valence-corrected chi connectivity index (χ0v) is 42.7. The fourth-order valence-electron chi connectivity index (χ4n) is 7.45. The predicted molar refractivity (Wildman–Crippen MR) is 275 cm³/mol. The molecule has 0 saturated carbocycles. The largest absolute Gasteiger partial charge is 0.472 e. The molecule has 0 aliphatic carbocycles. The molecule has 0 heterocycles. The van der Waals surface area contributed by atoms with Crippen molar-refractivity contribution < 1.29 is 32.8 Å². The lowest BCUT2D eigenvalue weighted by atomic mass is 10.0. The van der Waals surface area contributed by atoms with Crippen LogP contribution < -0.4 is 5.73 Å². The van der Waals surface area contributed by atoms with Gasteiger partial charge in [0.15, 0.2) is 0 Å². The van der Waals surface area contributed by atoms with Crippen LogP contribution in [0.1, 0.15) is 245 Å². The first kappa shape index (κ1) is 62.2. The average molecular weight is 920 g/mol. The van der Waals surface area contributed by atoms with Gasteiger partial charge < -0.3 is 20.1 Å². The topological polar surface area (TPSA) is 117 Å². The molecule has 2 unspecified atom stereocenters. The number of nitrogens with two attached hydrogens (primary N) is 1. The van der Waals surface area contributed by atoms with E-state index in [1.54, 1.807) is 0 Å². The minimum absolute atomic E-state index is 0.0968. The monoisotopic (exact) mass is 920 g/mol. The fourth-order valence-corrected chi connectivity index (χ4v) is 8.21. The Labute approximate surface area is 395 Å². The van der Waals surface area contributed by atoms with Crippen molar-refractivity contribution in [3.63, 3.8) is 0 Å². The van der Waals surface area contributed by atoms with Gasteiger partial charge in [0.2, 0.25) is 0 Å². The summed E-state index contributed by atoms with van der Waals surface area (Å²) >= 11 is 0. The van der Waals surface area contributed by atoms with Crippen LogP contribution in [-0.2, 0) is 27.9 Å². The highest BCUT2D eigenvalue weighted by Gasteiger charge is 2.25. The smallest absolute Gasteiger partial charge is 0.457 e. The minimum Gasteiger partial charge on any atom is -0.457 e. The second kappa shape index (κ2) is 52.2. The van der Waals surface area contributed by atoms with Gasteiger partial charge in [-0.05, 0) is 83.5 Å². The molecule has 0 aliphatic rings. The number of phosphoric acid groups is 1. The van der Waals surface area contributed by atoms with E-state index in [9.17, 15) is 14.3 Å². The number of rotatable bonds is 51. The molecule has 2 atom stereocenters. The standard InChI is InChI=1S/C55H102NO7P/c1-3-5-7-9-11-13-15-17-19-21-23-25-26-27-28-29-30-32-34-36-38-40-42-44-46-48-55(57)63-54(53-62-64(58,59)61-51-49-56)52-60-50-47-45-43-41-39-37-35-33-31-24-22-20-18-16-14-12-10-8-6-4-2/h12,14-15,17-18,20-21,23-24,31,54H,3-11,13,16,19,22,25-30,32-53,56H2,1-2H3,(H,58,59)/b14-12-,17-15-,20-18-,23-21-,31-24-. The number of carbonyl (C=O) groups is 1. The van der Waals surface area contributed by atoms with Crippen LogP contribution in [0.25, 0.3) is 0 Å². The van der Waals surface area contributed by atoms with Crippen molar-refractivity contribution in [2.24, 2.45) is 5.73 Å². The van der Waals surface area contributed by atoms with Crippen molar-refractivity contribution >= 4 is 13.8 Å². The summed E-state index contributed by atoms with van der Waals surface area (Å²) in [5, 5.41) is 0. The molecule has 64 heavy (non-hydrogen) atoms. The van der Waals surface area contributed by atoms with Crippen LogP contribution in [0, 0.1) is 0 Å². The quantitative estimate of drug-likeness (QED) is 0.0268. The van der Waals surface area contributed by atoms with E-state index in [4.69, 9.17) is 24.3 Å². The van der Waals surface area contributed by atoms with Crippen LogP contribution in [0.5, 0.6) is 0 Å². The van der Waals surface area contributed by atoms with Gasteiger partial charge in [-0.2, -0.15) is 0 Å². The second-order valence-electron chi connectivity index (χ2n) is 17.7. The molecule has 0 aromatic rings. The van der Waals surface area contributed by atoms with Crippen molar-refractivity contribution in [3.05, 3.63) is 60.8 Å². The first-order valence-corrected chi connectivity index (χ1v) is 28.3. The van der Waals surface area contributed by atoms with E-state index in [1.807, 2.05) is 0 Å².